The van der Waals surface area contributed by atoms with Crippen LogP contribution in [0, 0.1) is 5.82 Å². The van der Waals surface area contributed by atoms with Crippen LogP contribution < -0.4 is 3.93 Å². The highest BCUT2D eigenvalue weighted by Crippen LogP contribution is 2.23. The average molecular weight is 399 g/mol. The topological polar surface area (TPSA) is 49.9 Å². The van der Waals surface area contributed by atoms with Crippen LogP contribution in [0.1, 0.15) is 27.2 Å². The summed E-state index contributed by atoms with van der Waals surface area (Å²) in [5.41, 5.74) is 0.405. The number of amides is 2. The van der Waals surface area contributed by atoms with E-state index in [-0.39, 0.29) is 18.3 Å². The third kappa shape index (κ3) is 4.80. The number of carbonyl (C=O) groups excluding carboxylic acids is 2. The molecule has 0 aromatic heterocycles. The summed E-state index contributed by atoms with van der Waals surface area (Å²) in [5.74, 6) is -0.671. The minimum absolute atomic E-state index is 0.178. The molecule has 1 aromatic rings. The zero-order chi connectivity index (χ0) is 17.9. The minimum atomic E-state index is -0.585. The standard InChI is InChI=1S/C17H20BrFN2O3/c1-17(2,3)24-16(23)20-10-4-5-12(11-20)15(22)21(18)14-8-6-13(19)7-9-14/h5-9H,4,10-11H2,1-3H3. The Hall–Kier alpha value is -1.89. The molecule has 0 saturated carbocycles. The molecule has 7 heteroatoms. The van der Waals surface area contributed by atoms with E-state index in [2.05, 4.69) is 16.1 Å². The lowest BCUT2D eigenvalue weighted by molar-refractivity contribution is -0.114. The Morgan fingerprint density at radius 1 is 1.25 bits per heavy atom. The van der Waals surface area contributed by atoms with Crippen LogP contribution in [0.4, 0.5) is 14.9 Å². The summed E-state index contributed by atoms with van der Waals surface area (Å²) >= 11 is 3.20. The van der Waals surface area contributed by atoms with Gasteiger partial charge >= 0.3 is 6.09 Å². The molecule has 1 heterocycles. The van der Waals surface area contributed by atoms with Gasteiger partial charge in [-0.1, -0.05) is 6.08 Å². The smallest absolute Gasteiger partial charge is 0.410 e. The fourth-order valence-electron chi connectivity index (χ4n) is 2.20. The van der Waals surface area contributed by atoms with E-state index in [0.717, 1.165) is 0 Å². The molecule has 0 saturated heterocycles. The highest BCUT2D eigenvalue weighted by molar-refractivity contribution is 9.10. The van der Waals surface area contributed by atoms with Crippen molar-refractivity contribution >= 4 is 33.8 Å². The number of carbonyl (C=O) groups is 2. The molecule has 0 N–H and O–H groups in total. The molecular weight excluding hydrogens is 379 g/mol. The lowest BCUT2D eigenvalue weighted by Crippen LogP contribution is -2.42. The van der Waals surface area contributed by atoms with Gasteiger partial charge in [-0.15, -0.1) is 0 Å². The monoisotopic (exact) mass is 398 g/mol. The Labute approximate surface area is 149 Å². The molecule has 130 valence electrons. The maximum atomic E-state index is 13.0. The molecule has 5 nitrogen and oxygen atoms in total. The SMILES string of the molecule is CC(C)(C)OC(=O)N1CCC=C(C(=O)N(Br)c2ccc(F)cc2)C1. The Bertz CT molecular complexity index is 653. The zero-order valence-corrected chi connectivity index (χ0v) is 15.5. The molecule has 24 heavy (non-hydrogen) atoms. The number of anilines is 1. The summed E-state index contributed by atoms with van der Waals surface area (Å²) in [6.07, 6.45) is 1.94. The summed E-state index contributed by atoms with van der Waals surface area (Å²) in [7, 11) is 0. The van der Waals surface area contributed by atoms with Crippen LogP contribution in [0.2, 0.25) is 0 Å². The first-order valence-electron chi connectivity index (χ1n) is 7.60. The van der Waals surface area contributed by atoms with Gasteiger partial charge in [-0.25, -0.2) is 13.1 Å². The van der Waals surface area contributed by atoms with E-state index in [9.17, 15) is 14.0 Å². The second kappa shape index (κ2) is 7.34. The summed E-state index contributed by atoms with van der Waals surface area (Å²) < 4.78 is 19.6. The normalized spacial score (nSPS) is 14.9. The maximum absolute atomic E-state index is 13.0. The summed E-state index contributed by atoms with van der Waals surface area (Å²) in [5, 5.41) is 0. The Balaban J connectivity index is 2.06. The Kier molecular flexibility index (Phi) is 5.64. The van der Waals surface area contributed by atoms with Crippen LogP contribution in [0.15, 0.2) is 35.9 Å². The molecule has 2 amide bonds. The average Bonchev–Trinajstić information content (AvgIpc) is 2.53. The molecule has 0 bridgehead atoms. The molecule has 0 radical (unpaired) electrons. The summed E-state index contributed by atoms with van der Waals surface area (Å²) in [4.78, 5) is 26.2. The number of halogens is 2. The second-order valence-electron chi connectivity index (χ2n) is 6.48. The molecule has 1 aliphatic rings. The van der Waals surface area contributed by atoms with E-state index in [1.807, 2.05) is 0 Å². The predicted molar refractivity (Wildman–Crippen MR) is 93.3 cm³/mol. The number of rotatable bonds is 2. The molecule has 1 aliphatic heterocycles. The van der Waals surface area contributed by atoms with Crippen molar-refractivity contribution in [3.8, 4) is 0 Å². The molecule has 0 fully saturated rings. The van der Waals surface area contributed by atoms with Gasteiger partial charge < -0.3 is 9.64 Å². The van der Waals surface area contributed by atoms with Crippen molar-refractivity contribution in [1.29, 1.82) is 0 Å². The third-order valence-electron chi connectivity index (χ3n) is 3.31. The maximum Gasteiger partial charge on any atom is 0.410 e. The van der Waals surface area contributed by atoms with Crippen molar-refractivity contribution in [3.63, 3.8) is 0 Å². The molecule has 0 atom stereocenters. The van der Waals surface area contributed by atoms with Crippen LogP contribution in [0.25, 0.3) is 0 Å². The van der Waals surface area contributed by atoms with Gasteiger partial charge in [0.2, 0.25) is 0 Å². The lowest BCUT2D eigenvalue weighted by atomic mass is 10.1. The number of hydrogen-bond donors (Lipinski definition) is 0. The fraction of sp³-hybridized carbons (Fsp3) is 0.412. The van der Waals surface area contributed by atoms with Gasteiger partial charge in [-0.3, -0.25) is 4.79 Å². The Morgan fingerprint density at radius 2 is 1.88 bits per heavy atom. The van der Waals surface area contributed by atoms with E-state index in [0.29, 0.717) is 24.2 Å². The van der Waals surface area contributed by atoms with Crippen molar-refractivity contribution in [2.45, 2.75) is 32.8 Å². The summed E-state index contributed by atoms with van der Waals surface area (Å²) in [6.45, 7) is 6.07. The van der Waals surface area contributed by atoms with Crippen molar-refractivity contribution in [2.75, 3.05) is 17.0 Å². The van der Waals surface area contributed by atoms with Crippen molar-refractivity contribution in [1.82, 2.24) is 4.90 Å². The molecule has 0 aliphatic carbocycles. The number of hydrogen-bond acceptors (Lipinski definition) is 3. The van der Waals surface area contributed by atoms with Crippen LogP contribution >= 0.6 is 16.1 Å². The first-order chi connectivity index (χ1) is 11.2. The number of nitrogens with zero attached hydrogens (tertiary/aromatic N) is 2. The zero-order valence-electron chi connectivity index (χ0n) is 13.9. The van der Waals surface area contributed by atoms with E-state index in [1.165, 1.54) is 33.1 Å². The van der Waals surface area contributed by atoms with Crippen molar-refractivity contribution in [3.05, 3.63) is 41.7 Å². The summed E-state index contributed by atoms with van der Waals surface area (Å²) in [6, 6.07) is 5.55. The van der Waals surface area contributed by atoms with Gasteiger partial charge in [-0.05, 0) is 51.5 Å². The molecule has 0 unspecified atom stereocenters. The number of ether oxygens (including phenoxy) is 1. The predicted octanol–water partition coefficient (Wildman–Crippen LogP) is 4.04. The molecule has 1 aromatic carbocycles. The van der Waals surface area contributed by atoms with Crippen LogP contribution in [0.3, 0.4) is 0 Å². The van der Waals surface area contributed by atoms with Crippen molar-refractivity contribution in [2.24, 2.45) is 0 Å². The van der Waals surface area contributed by atoms with Gasteiger partial charge in [0, 0.05) is 12.1 Å². The van der Waals surface area contributed by atoms with Gasteiger partial charge in [-0.2, -0.15) is 0 Å². The van der Waals surface area contributed by atoms with E-state index in [1.54, 1.807) is 26.8 Å². The van der Waals surface area contributed by atoms with Gasteiger partial charge in [0.1, 0.15) is 11.4 Å². The first kappa shape index (κ1) is 18.4. The minimum Gasteiger partial charge on any atom is -0.444 e. The lowest BCUT2D eigenvalue weighted by Gasteiger charge is -2.30. The van der Waals surface area contributed by atoms with Gasteiger partial charge in [0.05, 0.1) is 28.4 Å². The van der Waals surface area contributed by atoms with Crippen LogP contribution in [0.5, 0.6) is 0 Å². The van der Waals surface area contributed by atoms with Gasteiger partial charge in [0.25, 0.3) is 5.91 Å². The van der Waals surface area contributed by atoms with Crippen LogP contribution in [-0.2, 0) is 9.53 Å². The highest BCUT2D eigenvalue weighted by atomic mass is 79.9. The van der Waals surface area contributed by atoms with Gasteiger partial charge in [0.15, 0.2) is 0 Å². The highest BCUT2D eigenvalue weighted by Gasteiger charge is 2.28. The quantitative estimate of drug-likeness (QED) is 0.706. The van der Waals surface area contributed by atoms with Crippen molar-refractivity contribution < 1.29 is 18.7 Å². The van der Waals surface area contributed by atoms with E-state index in [4.69, 9.17) is 4.74 Å². The van der Waals surface area contributed by atoms with Crippen LogP contribution in [-0.4, -0.2) is 35.6 Å². The molecule has 0 spiro atoms. The Morgan fingerprint density at radius 3 is 2.46 bits per heavy atom. The van der Waals surface area contributed by atoms with E-state index >= 15 is 0 Å². The number of benzene rings is 1. The first-order valence-corrected chi connectivity index (χ1v) is 8.31. The third-order valence-corrected chi connectivity index (χ3v) is 4.04. The largest absolute Gasteiger partial charge is 0.444 e. The molecule has 2 rings (SSSR count). The molecular formula is C17H20BrFN2O3. The second-order valence-corrected chi connectivity index (χ2v) is 7.19. The fourth-order valence-corrected chi connectivity index (χ4v) is 2.66. The van der Waals surface area contributed by atoms with E-state index < -0.39 is 11.7 Å².